The normalized spacial score (nSPS) is 13.1. The molecule has 1 atom stereocenters. The van der Waals surface area contributed by atoms with E-state index in [-0.39, 0.29) is 0 Å². The molecule has 0 amide bonds. The third-order valence-electron chi connectivity index (χ3n) is 2.41. The lowest BCUT2D eigenvalue weighted by molar-refractivity contribution is 0.544. The van der Waals surface area contributed by atoms with E-state index in [1.807, 2.05) is 6.07 Å². The molecule has 0 bridgehead atoms. The van der Waals surface area contributed by atoms with Crippen LogP contribution in [0.2, 0.25) is 0 Å². The fourth-order valence-corrected chi connectivity index (χ4v) is 2.59. The number of rotatable bonds is 5. The molecule has 15 heavy (non-hydrogen) atoms. The molecule has 0 heterocycles. The zero-order valence-corrected chi connectivity index (χ0v) is 11.7. The van der Waals surface area contributed by atoms with Crippen molar-refractivity contribution in [2.45, 2.75) is 38.5 Å². The van der Waals surface area contributed by atoms with E-state index in [0.29, 0.717) is 11.3 Å². The molecule has 0 aromatic heterocycles. The summed E-state index contributed by atoms with van der Waals surface area (Å²) < 4.78 is 1.19. The predicted octanol–water partition coefficient (Wildman–Crippen LogP) is 5.04. The third kappa shape index (κ3) is 5.03. The topological polar surface area (TPSA) is 0 Å². The Labute approximate surface area is 106 Å². The summed E-state index contributed by atoms with van der Waals surface area (Å²) in [6.07, 6.45) is 3.22. The van der Waals surface area contributed by atoms with Gasteiger partial charge in [0.15, 0.2) is 0 Å². The van der Waals surface area contributed by atoms with E-state index in [9.17, 15) is 0 Å². The summed E-state index contributed by atoms with van der Waals surface area (Å²) in [7, 11) is 0. The summed E-state index contributed by atoms with van der Waals surface area (Å²) in [5, 5.41) is 0.303. The van der Waals surface area contributed by atoms with Crippen molar-refractivity contribution >= 4 is 27.5 Å². The zero-order valence-electron chi connectivity index (χ0n) is 9.34. The van der Waals surface area contributed by atoms with Crippen LogP contribution < -0.4 is 0 Å². The molecule has 1 aromatic carbocycles. The third-order valence-corrected chi connectivity index (χ3v) is 3.58. The SMILES string of the molecule is CC(C)CC(Cl)CCc1ccccc1Br. The van der Waals surface area contributed by atoms with Gasteiger partial charge in [0.25, 0.3) is 0 Å². The second-order valence-corrected chi connectivity index (χ2v) is 5.83. The van der Waals surface area contributed by atoms with Crippen molar-refractivity contribution in [3.05, 3.63) is 34.3 Å². The van der Waals surface area contributed by atoms with Gasteiger partial charge in [-0.3, -0.25) is 0 Å². The van der Waals surface area contributed by atoms with Crippen LogP contribution in [-0.4, -0.2) is 5.38 Å². The summed E-state index contributed by atoms with van der Waals surface area (Å²) in [4.78, 5) is 0. The molecule has 0 radical (unpaired) electrons. The van der Waals surface area contributed by atoms with Gasteiger partial charge in [0.1, 0.15) is 0 Å². The van der Waals surface area contributed by atoms with Gasteiger partial charge in [-0.15, -0.1) is 11.6 Å². The zero-order chi connectivity index (χ0) is 11.3. The van der Waals surface area contributed by atoms with Crippen molar-refractivity contribution in [2.24, 2.45) is 5.92 Å². The molecule has 2 heteroatoms. The largest absolute Gasteiger partial charge is 0.123 e. The Kier molecular flexibility index (Phi) is 5.70. The standard InChI is InChI=1S/C13H18BrCl/c1-10(2)9-12(15)8-7-11-5-3-4-6-13(11)14/h3-6,10,12H,7-9H2,1-2H3. The van der Waals surface area contributed by atoms with Crippen LogP contribution >= 0.6 is 27.5 Å². The molecule has 0 aliphatic carbocycles. The Hall–Kier alpha value is -0.0100. The number of halogens is 2. The lowest BCUT2D eigenvalue weighted by atomic mass is 10.0. The summed E-state index contributed by atoms with van der Waals surface area (Å²) in [5.74, 6) is 0.687. The van der Waals surface area contributed by atoms with Gasteiger partial charge in [-0.05, 0) is 36.8 Å². The highest BCUT2D eigenvalue weighted by Crippen LogP contribution is 2.21. The lowest BCUT2D eigenvalue weighted by Gasteiger charge is -2.12. The monoisotopic (exact) mass is 288 g/mol. The van der Waals surface area contributed by atoms with Gasteiger partial charge in [-0.2, -0.15) is 0 Å². The van der Waals surface area contributed by atoms with Crippen LogP contribution in [0.3, 0.4) is 0 Å². The fraction of sp³-hybridized carbons (Fsp3) is 0.538. The Bertz CT molecular complexity index is 296. The van der Waals surface area contributed by atoms with E-state index >= 15 is 0 Å². The average molecular weight is 290 g/mol. The van der Waals surface area contributed by atoms with Gasteiger partial charge >= 0.3 is 0 Å². The maximum atomic E-state index is 6.26. The smallest absolute Gasteiger partial charge is 0.0341 e. The Balaban J connectivity index is 2.40. The van der Waals surface area contributed by atoms with E-state index in [2.05, 4.69) is 48.0 Å². The molecule has 1 aromatic rings. The van der Waals surface area contributed by atoms with Gasteiger partial charge in [-0.1, -0.05) is 48.0 Å². The Morgan fingerprint density at radius 3 is 2.53 bits per heavy atom. The first-order chi connectivity index (χ1) is 7.09. The summed E-state index contributed by atoms with van der Waals surface area (Å²) in [6, 6.07) is 8.36. The minimum absolute atomic E-state index is 0.303. The van der Waals surface area contributed by atoms with Crippen LogP contribution in [0.1, 0.15) is 32.3 Å². The van der Waals surface area contributed by atoms with Gasteiger partial charge in [0, 0.05) is 9.85 Å². The first-order valence-corrected chi connectivity index (χ1v) is 6.70. The molecule has 84 valence electrons. The highest BCUT2D eigenvalue weighted by Gasteiger charge is 2.08. The van der Waals surface area contributed by atoms with Crippen LogP contribution in [0.25, 0.3) is 0 Å². The number of benzene rings is 1. The number of hydrogen-bond donors (Lipinski definition) is 0. The van der Waals surface area contributed by atoms with Gasteiger partial charge < -0.3 is 0 Å². The maximum absolute atomic E-state index is 6.26. The van der Waals surface area contributed by atoms with Gasteiger partial charge in [-0.25, -0.2) is 0 Å². The Morgan fingerprint density at radius 1 is 1.27 bits per heavy atom. The molecule has 1 unspecified atom stereocenters. The van der Waals surface area contributed by atoms with Crippen LogP contribution in [0, 0.1) is 5.92 Å². The number of aryl methyl sites for hydroxylation is 1. The molecule has 0 nitrogen and oxygen atoms in total. The van der Waals surface area contributed by atoms with Crippen LogP contribution in [-0.2, 0) is 6.42 Å². The highest BCUT2D eigenvalue weighted by molar-refractivity contribution is 9.10. The van der Waals surface area contributed by atoms with Gasteiger partial charge in [0.05, 0.1) is 0 Å². The molecule has 0 fully saturated rings. The quantitative estimate of drug-likeness (QED) is 0.667. The van der Waals surface area contributed by atoms with E-state index in [4.69, 9.17) is 11.6 Å². The van der Waals surface area contributed by atoms with Gasteiger partial charge in [0.2, 0.25) is 0 Å². The fourth-order valence-electron chi connectivity index (χ4n) is 1.64. The number of alkyl halides is 1. The first-order valence-electron chi connectivity index (χ1n) is 5.47. The minimum Gasteiger partial charge on any atom is -0.123 e. The van der Waals surface area contributed by atoms with E-state index in [0.717, 1.165) is 19.3 Å². The average Bonchev–Trinajstić information content (AvgIpc) is 2.15. The predicted molar refractivity (Wildman–Crippen MR) is 71.6 cm³/mol. The minimum atomic E-state index is 0.303. The molecule has 0 saturated heterocycles. The van der Waals surface area contributed by atoms with Crippen molar-refractivity contribution in [3.8, 4) is 0 Å². The second-order valence-electron chi connectivity index (χ2n) is 4.36. The van der Waals surface area contributed by atoms with Crippen LogP contribution in [0.15, 0.2) is 28.7 Å². The maximum Gasteiger partial charge on any atom is 0.0341 e. The first kappa shape index (κ1) is 13.1. The molecule has 1 rings (SSSR count). The molecule has 0 N–H and O–H groups in total. The van der Waals surface area contributed by atoms with Crippen molar-refractivity contribution in [1.29, 1.82) is 0 Å². The summed E-state index contributed by atoms with van der Waals surface area (Å²) >= 11 is 9.82. The summed E-state index contributed by atoms with van der Waals surface area (Å²) in [6.45, 7) is 4.43. The van der Waals surface area contributed by atoms with Crippen molar-refractivity contribution in [1.82, 2.24) is 0 Å². The van der Waals surface area contributed by atoms with Crippen molar-refractivity contribution in [3.63, 3.8) is 0 Å². The molecular formula is C13H18BrCl. The summed E-state index contributed by atoms with van der Waals surface area (Å²) in [5.41, 5.74) is 1.35. The van der Waals surface area contributed by atoms with E-state index in [1.54, 1.807) is 0 Å². The molecule has 0 aliphatic heterocycles. The van der Waals surface area contributed by atoms with Crippen molar-refractivity contribution in [2.75, 3.05) is 0 Å². The van der Waals surface area contributed by atoms with E-state index in [1.165, 1.54) is 10.0 Å². The second kappa shape index (κ2) is 6.55. The molecule has 0 spiro atoms. The lowest BCUT2D eigenvalue weighted by Crippen LogP contribution is -2.05. The number of hydrogen-bond acceptors (Lipinski definition) is 0. The molecule has 0 saturated carbocycles. The molecular weight excluding hydrogens is 272 g/mol. The van der Waals surface area contributed by atoms with Crippen LogP contribution in [0.4, 0.5) is 0 Å². The Morgan fingerprint density at radius 2 is 1.93 bits per heavy atom. The van der Waals surface area contributed by atoms with Crippen LogP contribution in [0.5, 0.6) is 0 Å². The van der Waals surface area contributed by atoms with E-state index < -0.39 is 0 Å². The highest BCUT2D eigenvalue weighted by atomic mass is 79.9. The van der Waals surface area contributed by atoms with Crippen molar-refractivity contribution < 1.29 is 0 Å². The molecule has 0 aliphatic rings.